The van der Waals surface area contributed by atoms with Crippen molar-refractivity contribution in [3.63, 3.8) is 0 Å². The van der Waals surface area contributed by atoms with E-state index in [4.69, 9.17) is 0 Å². The molecule has 0 saturated heterocycles. The van der Waals surface area contributed by atoms with Gasteiger partial charge in [0.25, 0.3) is 0 Å². The normalized spacial score (nSPS) is 18.3. The number of carbonyl (C=O) groups excluding carboxylic acids is 2. The minimum atomic E-state index is 0.0405. The summed E-state index contributed by atoms with van der Waals surface area (Å²) in [5.74, 6) is 0.322. The lowest BCUT2D eigenvalue weighted by Gasteiger charge is -2.17. The van der Waals surface area contributed by atoms with Gasteiger partial charge in [0.1, 0.15) is 0 Å². The highest BCUT2D eigenvalue weighted by atomic mass is 16.2. The molecule has 2 fully saturated rings. The van der Waals surface area contributed by atoms with Gasteiger partial charge in [-0.05, 0) is 50.3 Å². The van der Waals surface area contributed by atoms with Gasteiger partial charge >= 0.3 is 0 Å². The first-order valence-electron chi connectivity index (χ1n) is 9.56. The van der Waals surface area contributed by atoms with Gasteiger partial charge in [-0.2, -0.15) is 0 Å². The van der Waals surface area contributed by atoms with E-state index in [-0.39, 0.29) is 24.3 Å². The Hall–Kier alpha value is -2.04. The van der Waals surface area contributed by atoms with Gasteiger partial charge in [0.05, 0.1) is 6.54 Å². The van der Waals surface area contributed by atoms with Crippen LogP contribution >= 0.6 is 0 Å². The minimum Gasteiger partial charge on any atom is -0.376 e. The summed E-state index contributed by atoms with van der Waals surface area (Å²) in [5, 5.41) is 9.31. The predicted molar refractivity (Wildman–Crippen MR) is 101 cm³/mol. The quantitative estimate of drug-likeness (QED) is 0.691. The van der Waals surface area contributed by atoms with Crippen molar-refractivity contribution in [1.82, 2.24) is 5.32 Å². The number of nitrogens with one attached hydrogen (secondary N) is 3. The van der Waals surface area contributed by atoms with Gasteiger partial charge in [-0.1, -0.05) is 31.7 Å². The lowest BCUT2D eigenvalue weighted by molar-refractivity contribution is -0.120. The minimum absolute atomic E-state index is 0.0405. The van der Waals surface area contributed by atoms with E-state index in [1.54, 1.807) is 0 Å². The molecule has 3 rings (SSSR count). The molecule has 0 spiro atoms. The average Bonchev–Trinajstić information content (AvgIpc) is 3.43. The summed E-state index contributed by atoms with van der Waals surface area (Å²) in [4.78, 5) is 24.1. The highest BCUT2D eigenvalue weighted by Gasteiger charge is 2.29. The van der Waals surface area contributed by atoms with Gasteiger partial charge in [-0.3, -0.25) is 9.59 Å². The second kappa shape index (κ2) is 8.37. The van der Waals surface area contributed by atoms with Crippen LogP contribution in [-0.4, -0.2) is 24.4 Å². The smallest absolute Gasteiger partial charge is 0.239 e. The Bertz CT molecular complexity index is 617. The van der Waals surface area contributed by atoms with Crippen LogP contribution in [0.3, 0.4) is 0 Å². The molecular formula is C20H29N3O2. The fourth-order valence-corrected chi connectivity index (χ4v) is 3.36. The zero-order valence-electron chi connectivity index (χ0n) is 15.1. The first-order valence-corrected chi connectivity index (χ1v) is 9.56. The van der Waals surface area contributed by atoms with E-state index in [1.807, 2.05) is 25.1 Å². The van der Waals surface area contributed by atoms with Crippen molar-refractivity contribution >= 4 is 23.2 Å². The molecule has 0 unspecified atom stereocenters. The van der Waals surface area contributed by atoms with Gasteiger partial charge in [-0.15, -0.1) is 0 Å². The van der Waals surface area contributed by atoms with Gasteiger partial charge in [0.15, 0.2) is 0 Å². The summed E-state index contributed by atoms with van der Waals surface area (Å²) < 4.78 is 0. The number of benzene rings is 1. The third kappa shape index (κ3) is 5.48. The van der Waals surface area contributed by atoms with Gasteiger partial charge < -0.3 is 16.0 Å². The highest BCUT2D eigenvalue weighted by molar-refractivity contribution is 5.94. The van der Waals surface area contributed by atoms with Gasteiger partial charge in [-0.25, -0.2) is 0 Å². The number of aryl methyl sites for hydroxylation is 1. The maximum absolute atomic E-state index is 12.2. The van der Waals surface area contributed by atoms with E-state index in [1.165, 1.54) is 25.7 Å². The Morgan fingerprint density at radius 3 is 2.44 bits per heavy atom. The summed E-state index contributed by atoms with van der Waals surface area (Å²) in [6, 6.07) is 6.11. The van der Waals surface area contributed by atoms with Crippen LogP contribution in [0, 0.1) is 12.8 Å². The molecule has 0 bridgehead atoms. The van der Waals surface area contributed by atoms with Crippen molar-refractivity contribution in [2.75, 3.05) is 17.2 Å². The van der Waals surface area contributed by atoms with E-state index in [0.29, 0.717) is 6.04 Å². The van der Waals surface area contributed by atoms with Crippen LogP contribution in [0.15, 0.2) is 18.2 Å². The topological polar surface area (TPSA) is 70.2 Å². The second-order valence-electron chi connectivity index (χ2n) is 7.40. The third-order valence-corrected chi connectivity index (χ3v) is 5.11. The molecule has 25 heavy (non-hydrogen) atoms. The monoisotopic (exact) mass is 343 g/mol. The number of hydrogen-bond acceptors (Lipinski definition) is 3. The number of carbonyl (C=O) groups is 2. The largest absolute Gasteiger partial charge is 0.376 e. The van der Waals surface area contributed by atoms with Crippen LogP contribution in [-0.2, 0) is 9.59 Å². The molecular weight excluding hydrogens is 314 g/mol. The Morgan fingerprint density at radius 1 is 1.04 bits per heavy atom. The first kappa shape index (κ1) is 17.8. The molecule has 2 amide bonds. The van der Waals surface area contributed by atoms with Crippen molar-refractivity contribution in [2.45, 2.75) is 64.3 Å². The van der Waals surface area contributed by atoms with E-state index < -0.39 is 0 Å². The molecule has 0 aliphatic heterocycles. The molecule has 0 aromatic heterocycles. The molecule has 136 valence electrons. The van der Waals surface area contributed by atoms with Gasteiger partial charge in [0.2, 0.25) is 11.8 Å². The summed E-state index contributed by atoms with van der Waals surface area (Å²) in [7, 11) is 0. The highest BCUT2D eigenvalue weighted by Crippen LogP contribution is 2.30. The zero-order chi connectivity index (χ0) is 17.6. The summed E-state index contributed by atoms with van der Waals surface area (Å²) in [5.41, 5.74) is 2.74. The molecule has 0 atom stereocenters. The zero-order valence-corrected chi connectivity index (χ0v) is 15.1. The fourth-order valence-electron chi connectivity index (χ4n) is 3.36. The van der Waals surface area contributed by atoms with Crippen LogP contribution in [0.1, 0.15) is 56.9 Å². The van der Waals surface area contributed by atoms with Crippen LogP contribution in [0.4, 0.5) is 11.4 Å². The first-order chi connectivity index (χ1) is 12.1. The summed E-state index contributed by atoms with van der Waals surface area (Å²) in [6.45, 7) is 2.26. The maximum Gasteiger partial charge on any atom is 0.239 e. The van der Waals surface area contributed by atoms with Crippen molar-refractivity contribution in [3.05, 3.63) is 23.8 Å². The number of hydrogen-bond donors (Lipinski definition) is 3. The Labute approximate surface area is 150 Å². The molecule has 2 aliphatic rings. The lowest BCUT2D eigenvalue weighted by Crippen LogP contribution is -2.38. The van der Waals surface area contributed by atoms with Crippen molar-refractivity contribution in [1.29, 1.82) is 0 Å². The molecule has 2 aliphatic carbocycles. The van der Waals surface area contributed by atoms with E-state index >= 15 is 0 Å². The second-order valence-corrected chi connectivity index (χ2v) is 7.40. The number of anilines is 2. The van der Waals surface area contributed by atoms with Crippen molar-refractivity contribution in [2.24, 2.45) is 5.92 Å². The molecule has 3 N–H and O–H groups in total. The molecule has 5 nitrogen and oxygen atoms in total. The maximum atomic E-state index is 12.2. The van der Waals surface area contributed by atoms with Crippen LogP contribution in [0.2, 0.25) is 0 Å². The molecule has 0 radical (unpaired) electrons. The summed E-state index contributed by atoms with van der Waals surface area (Å²) in [6.07, 6.45) is 9.14. The molecule has 2 saturated carbocycles. The molecule has 0 heterocycles. The standard InChI is InChI=1S/C20H29N3O2/c1-14-8-11-17(23-20(25)15-9-10-15)12-18(14)21-13-19(24)22-16-6-4-2-3-5-7-16/h8,11-12,15-16,21H,2-7,9-10,13H2,1H3,(H,22,24)(H,23,25). The van der Waals surface area contributed by atoms with Crippen LogP contribution in [0.5, 0.6) is 0 Å². The Kier molecular flexibility index (Phi) is 5.95. The molecule has 5 heteroatoms. The Morgan fingerprint density at radius 2 is 1.76 bits per heavy atom. The van der Waals surface area contributed by atoms with Crippen molar-refractivity contribution in [3.8, 4) is 0 Å². The van der Waals surface area contributed by atoms with E-state index in [2.05, 4.69) is 16.0 Å². The van der Waals surface area contributed by atoms with Crippen molar-refractivity contribution < 1.29 is 9.59 Å². The number of amides is 2. The fraction of sp³-hybridized carbons (Fsp3) is 0.600. The average molecular weight is 343 g/mol. The SMILES string of the molecule is Cc1ccc(NC(=O)C2CC2)cc1NCC(=O)NC1CCCCCC1. The molecule has 1 aromatic rings. The van der Waals surface area contributed by atoms with E-state index in [9.17, 15) is 9.59 Å². The van der Waals surface area contributed by atoms with Gasteiger partial charge in [0, 0.05) is 23.3 Å². The third-order valence-electron chi connectivity index (χ3n) is 5.11. The van der Waals surface area contributed by atoms with Crippen LogP contribution in [0.25, 0.3) is 0 Å². The Balaban J connectivity index is 1.50. The van der Waals surface area contributed by atoms with Crippen LogP contribution < -0.4 is 16.0 Å². The molecule has 1 aromatic carbocycles. The predicted octanol–water partition coefficient (Wildman–Crippen LogP) is 3.59. The number of rotatable bonds is 6. The summed E-state index contributed by atoms with van der Waals surface area (Å²) >= 11 is 0. The van der Waals surface area contributed by atoms with E-state index in [0.717, 1.165) is 42.6 Å². The lowest BCUT2D eigenvalue weighted by atomic mass is 10.1.